The summed E-state index contributed by atoms with van der Waals surface area (Å²) in [5.74, 6) is -0.557. The molecular weight excluding hydrogens is 360 g/mol. The molecule has 3 aromatic rings. The zero-order valence-electron chi connectivity index (χ0n) is 14.4. The molecule has 0 unspecified atom stereocenters. The Labute approximate surface area is 152 Å². The van der Waals surface area contributed by atoms with E-state index >= 15 is 0 Å². The number of halogens is 2. The van der Waals surface area contributed by atoms with Crippen LogP contribution in [-0.4, -0.2) is 50.3 Å². The number of aliphatic hydroxyl groups excluding tert-OH is 1. The van der Waals surface area contributed by atoms with Gasteiger partial charge in [0, 0.05) is 24.5 Å². The smallest absolute Gasteiger partial charge is 0.388 e. The van der Waals surface area contributed by atoms with E-state index < -0.39 is 6.61 Å². The van der Waals surface area contributed by atoms with Gasteiger partial charge < -0.3 is 19.7 Å². The lowest BCUT2D eigenvalue weighted by Gasteiger charge is -2.11. The Morgan fingerprint density at radius 2 is 2.19 bits per heavy atom. The highest BCUT2D eigenvalue weighted by molar-refractivity contribution is 6.05. The Bertz CT molecular complexity index is 961. The second-order valence-electron chi connectivity index (χ2n) is 5.65. The number of hydrogen-bond acceptors (Lipinski definition) is 6. The quantitative estimate of drug-likeness (QED) is 0.647. The third kappa shape index (κ3) is 4.00. The first-order chi connectivity index (χ1) is 13.0. The molecule has 0 aromatic carbocycles. The minimum atomic E-state index is -2.98. The zero-order chi connectivity index (χ0) is 19.4. The minimum Gasteiger partial charge on any atom is -0.417 e. The summed E-state index contributed by atoms with van der Waals surface area (Å²) in [4.78, 5) is 24.4. The first kappa shape index (κ1) is 18.6. The molecule has 3 heterocycles. The van der Waals surface area contributed by atoms with Gasteiger partial charge in [-0.05, 0) is 19.1 Å². The maximum absolute atomic E-state index is 12.5. The molecule has 3 rings (SSSR count). The van der Waals surface area contributed by atoms with Crippen LogP contribution in [0.3, 0.4) is 0 Å². The molecule has 2 N–H and O–H groups in total. The number of aromatic nitrogens is 4. The number of carbonyl (C=O) groups excluding carboxylic acids is 1. The highest BCUT2D eigenvalue weighted by atomic mass is 19.3. The Kier molecular flexibility index (Phi) is 5.55. The fourth-order valence-corrected chi connectivity index (χ4v) is 2.68. The summed E-state index contributed by atoms with van der Waals surface area (Å²) in [6, 6.07) is 3.52. The van der Waals surface area contributed by atoms with Crippen molar-refractivity contribution in [1.82, 2.24) is 24.8 Å². The van der Waals surface area contributed by atoms with Crippen molar-refractivity contribution >= 4 is 16.9 Å². The first-order valence-corrected chi connectivity index (χ1v) is 8.09. The summed E-state index contributed by atoms with van der Waals surface area (Å²) in [6.07, 6.45) is 4.33. The molecule has 142 valence electrons. The van der Waals surface area contributed by atoms with Gasteiger partial charge in [-0.3, -0.25) is 9.78 Å². The Hall–Kier alpha value is -3.14. The van der Waals surface area contributed by atoms with Gasteiger partial charge in [0.05, 0.1) is 29.9 Å². The molecule has 0 fully saturated rings. The van der Waals surface area contributed by atoms with E-state index in [1.807, 2.05) is 0 Å². The van der Waals surface area contributed by atoms with Crippen LogP contribution in [-0.2, 0) is 6.54 Å². The summed E-state index contributed by atoms with van der Waals surface area (Å²) in [6.45, 7) is -1.23. The first-order valence-electron chi connectivity index (χ1n) is 8.09. The van der Waals surface area contributed by atoms with Crippen LogP contribution < -0.4 is 10.1 Å². The van der Waals surface area contributed by atoms with E-state index in [4.69, 9.17) is 5.11 Å². The second-order valence-corrected chi connectivity index (χ2v) is 5.65. The molecule has 0 saturated heterocycles. The molecule has 27 heavy (non-hydrogen) atoms. The summed E-state index contributed by atoms with van der Waals surface area (Å²) >= 11 is 0. The number of hydrogen-bond donors (Lipinski definition) is 2. The van der Waals surface area contributed by atoms with Crippen molar-refractivity contribution in [2.75, 3.05) is 13.2 Å². The van der Waals surface area contributed by atoms with E-state index in [1.165, 1.54) is 0 Å². The number of nitrogens with one attached hydrogen (secondary N) is 1. The number of nitrogens with zero attached hydrogens (tertiary/aromatic N) is 4. The monoisotopic (exact) mass is 377 g/mol. The molecule has 0 atom stereocenters. The molecule has 10 heteroatoms. The Morgan fingerprint density at radius 3 is 2.93 bits per heavy atom. The second kappa shape index (κ2) is 8.04. The van der Waals surface area contributed by atoms with E-state index in [1.54, 1.807) is 36.0 Å². The maximum atomic E-state index is 12.5. The average molecular weight is 377 g/mol. The largest absolute Gasteiger partial charge is 0.417 e. The SMILES string of the molecule is Cc1c(Cn2cc(C(=O)NCCO)c3ncccc32)ncnc1OC(F)F. The minimum absolute atomic E-state index is 0.123. The molecule has 0 bridgehead atoms. The van der Waals surface area contributed by atoms with Gasteiger partial charge in [0.25, 0.3) is 5.91 Å². The molecule has 0 aliphatic carbocycles. The van der Waals surface area contributed by atoms with Crippen LogP contribution in [0.25, 0.3) is 11.0 Å². The van der Waals surface area contributed by atoms with E-state index in [0.717, 1.165) is 6.33 Å². The summed E-state index contributed by atoms with van der Waals surface area (Å²) < 4.78 is 31.2. The molecule has 0 spiro atoms. The van der Waals surface area contributed by atoms with E-state index in [0.29, 0.717) is 27.9 Å². The predicted molar refractivity (Wildman–Crippen MR) is 91.7 cm³/mol. The molecule has 8 nitrogen and oxygen atoms in total. The lowest BCUT2D eigenvalue weighted by atomic mass is 10.2. The standard InChI is InChI=1S/C17H17F2N5O3/c1-10-12(22-9-23-16(10)27-17(18)19)8-24-7-11(15(26)21-5-6-25)14-13(24)3-2-4-20-14/h2-4,7,9,17,25H,5-6,8H2,1H3,(H,21,26). The summed E-state index contributed by atoms with van der Waals surface area (Å²) in [5.41, 5.74) is 2.37. The number of fused-ring (bicyclic) bond motifs is 1. The van der Waals surface area contributed by atoms with Gasteiger partial charge in [-0.15, -0.1) is 0 Å². The average Bonchev–Trinajstić information content (AvgIpc) is 3.01. The zero-order valence-corrected chi connectivity index (χ0v) is 14.4. The predicted octanol–water partition coefficient (Wildman–Crippen LogP) is 1.51. The van der Waals surface area contributed by atoms with Crippen LogP contribution in [0.1, 0.15) is 21.6 Å². The van der Waals surface area contributed by atoms with Gasteiger partial charge >= 0.3 is 6.61 Å². The van der Waals surface area contributed by atoms with E-state index in [-0.39, 0.29) is 31.5 Å². The Balaban J connectivity index is 1.97. The summed E-state index contributed by atoms with van der Waals surface area (Å²) in [7, 11) is 0. The molecule has 0 saturated carbocycles. The van der Waals surface area contributed by atoms with Crippen LogP contribution in [0.4, 0.5) is 8.78 Å². The summed E-state index contributed by atoms with van der Waals surface area (Å²) in [5, 5.41) is 11.5. The number of pyridine rings is 1. The van der Waals surface area contributed by atoms with Gasteiger partial charge in [-0.1, -0.05) is 0 Å². The molecule has 0 aliphatic heterocycles. The van der Waals surface area contributed by atoms with Crippen LogP contribution >= 0.6 is 0 Å². The molecular formula is C17H17F2N5O3. The highest BCUT2D eigenvalue weighted by Gasteiger charge is 2.18. The van der Waals surface area contributed by atoms with E-state index in [2.05, 4.69) is 25.0 Å². The highest BCUT2D eigenvalue weighted by Crippen LogP contribution is 2.23. The van der Waals surface area contributed by atoms with Crippen molar-refractivity contribution in [1.29, 1.82) is 0 Å². The molecule has 1 amide bonds. The van der Waals surface area contributed by atoms with Crippen LogP contribution in [0.2, 0.25) is 0 Å². The van der Waals surface area contributed by atoms with Crippen molar-refractivity contribution in [3.05, 3.63) is 47.7 Å². The van der Waals surface area contributed by atoms with Gasteiger partial charge in [-0.2, -0.15) is 8.78 Å². The number of alkyl halides is 2. The van der Waals surface area contributed by atoms with Gasteiger partial charge in [0.2, 0.25) is 5.88 Å². The number of aliphatic hydroxyl groups is 1. The van der Waals surface area contributed by atoms with Crippen LogP contribution in [0.15, 0.2) is 30.9 Å². The third-order valence-electron chi connectivity index (χ3n) is 3.94. The molecule has 0 aliphatic rings. The van der Waals surface area contributed by atoms with Crippen LogP contribution in [0, 0.1) is 6.92 Å². The Morgan fingerprint density at radius 1 is 1.37 bits per heavy atom. The normalized spacial score (nSPS) is 11.1. The van der Waals surface area contributed by atoms with E-state index in [9.17, 15) is 13.6 Å². The van der Waals surface area contributed by atoms with Gasteiger partial charge in [-0.25, -0.2) is 9.97 Å². The molecule has 3 aromatic heterocycles. The number of carbonyl (C=O) groups is 1. The maximum Gasteiger partial charge on any atom is 0.388 e. The van der Waals surface area contributed by atoms with Crippen molar-refractivity contribution < 1.29 is 23.4 Å². The number of amides is 1. The molecule has 0 radical (unpaired) electrons. The van der Waals surface area contributed by atoms with Crippen molar-refractivity contribution in [3.8, 4) is 5.88 Å². The van der Waals surface area contributed by atoms with Gasteiger partial charge in [0.1, 0.15) is 11.8 Å². The number of rotatable bonds is 7. The van der Waals surface area contributed by atoms with Crippen LogP contribution in [0.5, 0.6) is 5.88 Å². The van der Waals surface area contributed by atoms with Crippen molar-refractivity contribution in [3.63, 3.8) is 0 Å². The topological polar surface area (TPSA) is 102 Å². The van der Waals surface area contributed by atoms with Crippen molar-refractivity contribution in [2.24, 2.45) is 0 Å². The lowest BCUT2D eigenvalue weighted by molar-refractivity contribution is -0.0534. The van der Waals surface area contributed by atoms with Crippen molar-refractivity contribution in [2.45, 2.75) is 20.1 Å². The fourth-order valence-electron chi connectivity index (χ4n) is 2.68. The van der Waals surface area contributed by atoms with Gasteiger partial charge in [0.15, 0.2) is 0 Å². The fraction of sp³-hybridized carbons (Fsp3) is 0.294. The third-order valence-corrected chi connectivity index (χ3v) is 3.94. The lowest BCUT2D eigenvalue weighted by Crippen LogP contribution is -2.26. The number of ether oxygens (including phenoxy) is 1.